The Morgan fingerprint density at radius 1 is 1.08 bits per heavy atom. The van der Waals surface area contributed by atoms with E-state index in [9.17, 15) is 0 Å². The maximum absolute atomic E-state index is 5.67. The summed E-state index contributed by atoms with van der Waals surface area (Å²) in [5.74, 6) is 4.81. The number of fused-ring (bicyclic) bond motifs is 2. The molecule has 0 saturated heterocycles. The normalized spacial score (nSPS) is 54.9. The second-order valence-corrected chi connectivity index (χ2v) is 4.84. The van der Waals surface area contributed by atoms with Crippen LogP contribution in [0.3, 0.4) is 0 Å². The van der Waals surface area contributed by atoms with Gasteiger partial charge < -0.3 is 5.73 Å². The monoisotopic (exact) mass is 163 g/mol. The van der Waals surface area contributed by atoms with Crippen LogP contribution >= 0.6 is 0 Å². The number of hydrogen-bond donors (Lipinski definition) is 1. The molecule has 2 fully saturated rings. The Morgan fingerprint density at radius 3 is 2.50 bits per heavy atom. The second kappa shape index (κ2) is 2.35. The zero-order chi connectivity index (χ0) is 8.13. The number of hydrogen-bond acceptors (Lipinski definition) is 1. The van der Waals surface area contributed by atoms with Crippen molar-refractivity contribution in [2.75, 3.05) is 6.54 Å². The molecular weight excluding hydrogens is 146 g/mol. The van der Waals surface area contributed by atoms with E-state index in [0.29, 0.717) is 0 Å². The molecule has 0 amide bonds. The predicted octanol–water partition coefficient (Wildman–Crippen LogP) is 1.79. The molecule has 3 aliphatic carbocycles. The largest absolute Gasteiger partial charge is 0.330 e. The van der Waals surface area contributed by atoms with Crippen LogP contribution in [-0.2, 0) is 0 Å². The van der Waals surface area contributed by atoms with Crippen molar-refractivity contribution < 1.29 is 0 Å². The first-order chi connectivity index (χ1) is 5.88. The van der Waals surface area contributed by atoms with Gasteiger partial charge in [0.1, 0.15) is 0 Å². The number of rotatable bonds is 2. The molecule has 66 valence electrons. The minimum Gasteiger partial charge on any atom is -0.330 e. The summed E-state index contributed by atoms with van der Waals surface area (Å²) in [5, 5.41) is 0. The summed E-state index contributed by atoms with van der Waals surface area (Å²) in [4.78, 5) is 0. The zero-order valence-electron chi connectivity index (χ0n) is 7.45. The molecule has 5 atom stereocenters. The predicted molar refractivity (Wildman–Crippen MR) is 49.5 cm³/mol. The van der Waals surface area contributed by atoms with Crippen molar-refractivity contribution in [3.63, 3.8) is 0 Å². The third-order valence-electron chi connectivity index (χ3n) is 4.16. The van der Waals surface area contributed by atoms with E-state index in [2.05, 4.69) is 12.2 Å². The molecule has 3 aliphatic rings. The smallest absolute Gasteiger partial charge is 0.00460 e. The van der Waals surface area contributed by atoms with Crippen LogP contribution in [0.5, 0.6) is 0 Å². The summed E-state index contributed by atoms with van der Waals surface area (Å²) < 4.78 is 0. The van der Waals surface area contributed by atoms with Crippen molar-refractivity contribution in [3.05, 3.63) is 12.2 Å². The molecular formula is C11H17N. The molecule has 0 aromatic rings. The molecule has 2 saturated carbocycles. The van der Waals surface area contributed by atoms with E-state index in [0.717, 1.165) is 36.1 Å². The highest BCUT2D eigenvalue weighted by Crippen LogP contribution is 2.56. The first-order valence-electron chi connectivity index (χ1n) is 5.27. The molecule has 0 aromatic carbocycles. The fourth-order valence-corrected chi connectivity index (χ4v) is 3.38. The van der Waals surface area contributed by atoms with Crippen molar-refractivity contribution >= 4 is 0 Å². The molecule has 2 bridgehead atoms. The summed E-state index contributed by atoms with van der Waals surface area (Å²) >= 11 is 0. The van der Waals surface area contributed by atoms with E-state index in [-0.39, 0.29) is 0 Å². The summed E-state index contributed by atoms with van der Waals surface area (Å²) in [6, 6.07) is 0. The van der Waals surface area contributed by atoms with Gasteiger partial charge in [0, 0.05) is 0 Å². The lowest BCUT2D eigenvalue weighted by atomic mass is 9.88. The van der Waals surface area contributed by atoms with Gasteiger partial charge >= 0.3 is 0 Å². The molecule has 1 heteroatoms. The van der Waals surface area contributed by atoms with Crippen molar-refractivity contribution in [1.82, 2.24) is 0 Å². The zero-order valence-corrected chi connectivity index (χ0v) is 7.45. The SMILES string of the molecule is NCC1CC1C1CC2C=CC1C2. The third kappa shape index (κ3) is 0.891. The van der Waals surface area contributed by atoms with Gasteiger partial charge in [-0.15, -0.1) is 0 Å². The Bertz CT molecular complexity index is 221. The highest BCUT2D eigenvalue weighted by molar-refractivity contribution is 5.13. The Labute approximate surface area is 74.0 Å². The van der Waals surface area contributed by atoms with Crippen LogP contribution in [0.2, 0.25) is 0 Å². The average Bonchev–Trinajstić information content (AvgIpc) is 2.59. The van der Waals surface area contributed by atoms with Crippen LogP contribution in [0.4, 0.5) is 0 Å². The van der Waals surface area contributed by atoms with Crippen LogP contribution in [0.25, 0.3) is 0 Å². The first kappa shape index (κ1) is 7.14. The second-order valence-electron chi connectivity index (χ2n) is 4.84. The van der Waals surface area contributed by atoms with Crippen molar-refractivity contribution in [2.45, 2.75) is 19.3 Å². The lowest BCUT2D eigenvalue weighted by Crippen LogP contribution is -2.13. The van der Waals surface area contributed by atoms with E-state index < -0.39 is 0 Å². The molecule has 0 heterocycles. The maximum atomic E-state index is 5.67. The van der Waals surface area contributed by atoms with Crippen molar-refractivity contribution in [1.29, 1.82) is 0 Å². The molecule has 5 unspecified atom stereocenters. The molecule has 0 radical (unpaired) electrons. The van der Waals surface area contributed by atoms with Crippen LogP contribution < -0.4 is 5.73 Å². The van der Waals surface area contributed by atoms with E-state index in [1.807, 2.05) is 0 Å². The standard InChI is InChI=1S/C11H17N/c12-6-9-5-11(9)10-4-7-1-2-8(10)3-7/h1-2,7-11H,3-6,12H2. The van der Waals surface area contributed by atoms with Gasteiger partial charge in [0.2, 0.25) is 0 Å². The van der Waals surface area contributed by atoms with Gasteiger partial charge in [0.15, 0.2) is 0 Å². The van der Waals surface area contributed by atoms with Gasteiger partial charge in [-0.1, -0.05) is 12.2 Å². The lowest BCUT2D eigenvalue weighted by molar-refractivity contribution is 0.374. The van der Waals surface area contributed by atoms with Gasteiger partial charge in [-0.3, -0.25) is 0 Å². The van der Waals surface area contributed by atoms with Gasteiger partial charge in [0.25, 0.3) is 0 Å². The van der Waals surface area contributed by atoms with Gasteiger partial charge in [-0.05, 0) is 55.4 Å². The first-order valence-corrected chi connectivity index (χ1v) is 5.27. The highest BCUT2D eigenvalue weighted by Gasteiger charge is 2.49. The fraction of sp³-hybridized carbons (Fsp3) is 0.818. The van der Waals surface area contributed by atoms with Gasteiger partial charge in [0.05, 0.1) is 0 Å². The molecule has 0 aromatic heterocycles. The number of allylic oxidation sites excluding steroid dienone is 2. The van der Waals surface area contributed by atoms with Gasteiger partial charge in [-0.2, -0.15) is 0 Å². The Hall–Kier alpha value is -0.300. The molecule has 0 aliphatic heterocycles. The molecule has 3 rings (SSSR count). The van der Waals surface area contributed by atoms with E-state index >= 15 is 0 Å². The summed E-state index contributed by atoms with van der Waals surface area (Å²) in [7, 11) is 0. The Morgan fingerprint density at radius 2 is 2.00 bits per heavy atom. The van der Waals surface area contributed by atoms with Crippen LogP contribution in [-0.4, -0.2) is 6.54 Å². The number of nitrogens with two attached hydrogens (primary N) is 1. The highest BCUT2D eigenvalue weighted by atomic mass is 14.6. The topological polar surface area (TPSA) is 26.0 Å². The Balaban J connectivity index is 1.69. The maximum Gasteiger partial charge on any atom is -0.00460 e. The molecule has 1 nitrogen and oxygen atoms in total. The van der Waals surface area contributed by atoms with Crippen LogP contribution in [0, 0.1) is 29.6 Å². The van der Waals surface area contributed by atoms with Crippen molar-refractivity contribution in [2.24, 2.45) is 35.3 Å². The molecule has 2 N–H and O–H groups in total. The quantitative estimate of drug-likeness (QED) is 0.617. The Kier molecular flexibility index (Phi) is 1.40. The van der Waals surface area contributed by atoms with Crippen molar-refractivity contribution in [3.8, 4) is 0 Å². The van der Waals surface area contributed by atoms with E-state index in [1.165, 1.54) is 19.3 Å². The fourth-order valence-electron chi connectivity index (χ4n) is 3.38. The minimum absolute atomic E-state index is 0.891. The third-order valence-corrected chi connectivity index (χ3v) is 4.16. The van der Waals surface area contributed by atoms with E-state index in [4.69, 9.17) is 5.73 Å². The molecule has 12 heavy (non-hydrogen) atoms. The lowest BCUT2D eigenvalue weighted by Gasteiger charge is -2.17. The summed E-state index contributed by atoms with van der Waals surface area (Å²) in [5.41, 5.74) is 5.67. The minimum atomic E-state index is 0.891. The summed E-state index contributed by atoms with van der Waals surface area (Å²) in [6.07, 6.45) is 9.25. The molecule has 0 spiro atoms. The summed E-state index contributed by atoms with van der Waals surface area (Å²) in [6.45, 7) is 0.933. The van der Waals surface area contributed by atoms with E-state index in [1.54, 1.807) is 0 Å². The van der Waals surface area contributed by atoms with Crippen LogP contribution in [0.15, 0.2) is 12.2 Å². The average molecular weight is 163 g/mol. The van der Waals surface area contributed by atoms with Gasteiger partial charge in [-0.25, -0.2) is 0 Å². The van der Waals surface area contributed by atoms with Crippen LogP contribution in [0.1, 0.15) is 19.3 Å².